The molecular formula is C66H69F3N12O14S. The summed E-state index contributed by atoms with van der Waals surface area (Å²) in [6.07, 6.45) is -1.92. The first-order valence-corrected chi connectivity index (χ1v) is 31.6. The maximum absolute atomic E-state index is 13.3. The van der Waals surface area contributed by atoms with Crippen LogP contribution in [0.1, 0.15) is 72.3 Å². The van der Waals surface area contributed by atoms with Crippen molar-refractivity contribution in [3.8, 4) is 0 Å². The summed E-state index contributed by atoms with van der Waals surface area (Å²) in [4.78, 5) is 122. The molecule has 96 heavy (non-hydrogen) atoms. The zero-order valence-electron chi connectivity index (χ0n) is 53.4. The molecule has 0 N–H and O–H groups in total. The molecule has 26 nitrogen and oxygen atoms in total. The number of carbonyl (C=O) groups excluding carboxylic acids is 3. The van der Waals surface area contributed by atoms with Crippen LogP contribution in [0.2, 0.25) is 0 Å². The second-order valence-corrected chi connectivity index (χ2v) is 26.5. The summed E-state index contributed by atoms with van der Waals surface area (Å²) in [7, 11) is 0. The smallest absolute Gasteiger partial charge is 0.406 e. The number of aromatic nitrogens is 3. The standard InChI is InChI=1S/C23H26N4O5.C23H26N4O4S.C20H17F3N4O5/c2*1-23(2,3)15-26-17-8-5-4-7-16(17)19(20(22(26)29)27(30)31)24-10-12-25(13-11-24)21(28)18-9-6-14-32-18;21-20(22,23)12-26-14-5-2-1-4-13(14)16(17(19(26)29)27(30)31)24-7-9-25(10-8-24)18(28)15-6-3-11-32-15/h2*4-9,14H,10-13,15H2,1-3H3;1-6,11H,7-10,12H2. The normalized spacial score (nSPS) is 14.7. The number of nitrogens with zero attached hydrogens (tertiary/aromatic N) is 12. The molecule has 0 saturated carbocycles. The summed E-state index contributed by atoms with van der Waals surface area (Å²) in [5, 5.41) is 39.3. The highest BCUT2D eigenvalue weighted by Crippen LogP contribution is 2.39. The summed E-state index contributed by atoms with van der Waals surface area (Å²) < 4.78 is 53.0. The van der Waals surface area contributed by atoms with Crippen LogP contribution in [0.3, 0.4) is 0 Å². The van der Waals surface area contributed by atoms with E-state index in [2.05, 4.69) is 0 Å². The number of amides is 3. The van der Waals surface area contributed by atoms with Crippen LogP contribution in [0.4, 0.5) is 47.3 Å². The highest BCUT2D eigenvalue weighted by atomic mass is 32.1. The van der Waals surface area contributed by atoms with Gasteiger partial charge in [0.15, 0.2) is 11.5 Å². The molecule has 3 aliphatic rings. The molecule has 30 heteroatoms. The molecule has 0 spiro atoms. The van der Waals surface area contributed by atoms with Gasteiger partial charge in [0.2, 0.25) is 0 Å². The van der Waals surface area contributed by atoms with Crippen LogP contribution in [-0.2, 0) is 19.6 Å². The number of hydrogen-bond acceptors (Lipinski definition) is 18. The van der Waals surface area contributed by atoms with Gasteiger partial charge in [-0.3, -0.25) is 63.7 Å². The van der Waals surface area contributed by atoms with Gasteiger partial charge in [0.25, 0.3) is 17.7 Å². The van der Waals surface area contributed by atoms with E-state index in [0.717, 1.165) is 0 Å². The van der Waals surface area contributed by atoms with Crippen molar-refractivity contribution < 1.29 is 51.2 Å². The Labute approximate surface area is 549 Å². The molecule has 3 aliphatic heterocycles. The average Bonchev–Trinajstić information content (AvgIpc) is 1.13. The summed E-state index contributed by atoms with van der Waals surface area (Å²) in [6, 6.07) is 30.4. The van der Waals surface area contributed by atoms with Crippen molar-refractivity contribution >= 4 is 95.9 Å². The largest absolute Gasteiger partial charge is 0.459 e. The summed E-state index contributed by atoms with van der Waals surface area (Å²) >= 11 is 1.40. The fraction of sp³-hybridized carbons (Fsp3) is 0.364. The highest BCUT2D eigenvalue weighted by molar-refractivity contribution is 7.12. The van der Waals surface area contributed by atoms with Crippen molar-refractivity contribution in [1.29, 1.82) is 0 Å². The number of benzene rings is 3. The van der Waals surface area contributed by atoms with E-state index in [1.807, 2.05) is 111 Å². The number of piperazine rings is 3. The molecule has 0 bridgehead atoms. The summed E-state index contributed by atoms with van der Waals surface area (Å²) in [6.45, 7) is 15.0. The predicted octanol–water partition coefficient (Wildman–Crippen LogP) is 10.5. The van der Waals surface area contributed by atoms with Gasteiger partial charge in [-0.15, -0.1) is 11.3 Å². The second kappa shape index (κ2) is 27.7. The van der Waals surface area contributed by atoms with Gasteiger partial charge in [-0.1, -0.05) is 102 Å². The Balaban J connectivity index is 0.000000157. The fourth-order valence-electron chi connectivity index (χ4n) is 12.2. The number of halogens is 3. The van der Waals surface area contributed by atoms with Crippen LogP contribution in [0.15, 0.2) is 150 Å². The predicted molar refractivity (Wildman–Crippen MR) is 356 cm³/mol. The van der Waals surface area contributed by atoms with Gasteiger partial charge in [0.05, 0.1) is 48.7 Å². The van der Waals surface area contributed by atoms with E-state index in [0.29, 0.717) is 108 Å². The number of pyridine rings is 3. The van der Waals surface area contributed by atoms with Crippen molar-refractivity contribution in [2.75, 3.05) is 93.2 Å². The Hall–Kier alpha value is -10.7. The molecule has 0 radical (unpaired) electrons. The Bertz CT molecular complexity index is 4130. The monoisotopic (exact) mass is 1340 g/mol. The fourth-order valence-corrected chi connectivity index (χ4v) is 12.9. The number of anilines is 3. The molecule has 3 fully saturated rings. The van der Waals surface area contributed by atoms with E-state index in [9.17, 15) is 72.3 Å². The zero-order valence-corrected chi connectivity index (χ0v) is 54.2. The third-order valence-corrected chi connectivity index (χ3v) is 17.2. The van der Waals surface area contributed by atoms with Crippen molar-refractivity contribution in [3.63, 3.8) is 0 Å². The molecule has 3 amide bonds. The summed E-state index contributed by atoms with van der Waals surface area (Å²) in [5.41, 5.74) is -2.77. The minimum absolute atomic E-state index is 0.0281. The molecule has 9 heterocycles. The molecule has 12 rings (SSSR count). The molecule has 0 aliphatic carbocycles. The van der Waals surface area contributed by atoms with E-state index in [4.69, 9.17) is 8.83 Å². The number of nitro groups is 3. The lowest BCUT2D eigenvalue weighted by molar-refractivity contribution is -0.385. The lowest BCUT2D eigenvalue weighted by Gasteiger charge is -2.36. The minimum atomic E-state index is -4.74. The van der Waals surface area contributed by atoms with E-state index < -0.39 is 61.2 Å². The van der Waals surface area contributed by atoms with Gasteiger partial charge < -0.3 is 47.4 Å². The maximum atomic E-state index is 13.3. The minimum Gasteiger partial charge on any atom is -0.459 e. The summed E-state index contributed by atoms with van der Waals surface area (Å²) in [5.74, 6) is -0.159. The average molecular weight is 1340 g/mol. The quantitative estimate of drug-likeness (QED) is 0.0811. The Kier molecular flexibility index (Phi) is 19.7. The Morgan fingerprint density at radius 3 is 1.02 bits per heavy atom. The van der Waals surface area contributed by atoms with Gasteiger partial charge in [0, 0.05) is 108 Å². The number of furan rings is 2. The number of hydrogen-bond donors (Lipinski definition) is 0. The Morgan fingerprint density at radius 1 is 0.438 bits per heavy atom. The third kappa shape index (κ3) is 14.7. The van der Waals surface area contributed by atoms with Gasteiger partial charge in [0.1, 0.15) is 23.6 Å². The third-order valence-electron chi connectivity index (χ3n) is 16.4. The number of carbonyl (C=O) groups is 3. The van der Waals surface area contributed by atoms with Crippen LogP contribution in [-0.4, -0.2) is 146 Å². The van der Waals surface area contributed by atoms with Crippen LogP contribution in [0, 0.1) is 41.2 Å². The van der Waals surface area contributed by atoms with E-state index in [-0.39, 0.29) is 82.8 Å². The topological polar surface area (TPSA) is 292 Å². The first kappa shape index (κ1) is 68.2. The van der Waals surface area contributed by atoms with E-state index >= 15 is 0 Å². The lowest BCUT2D eigenvalue weighted by atomic mass is 9.96. The molecule has 0 atom stereocenters. The zero-order chi connectivity index (χ0) is 69.1. The number of fused-ring (bicyclic) bond motifs is 3. The molecule has 0 unspecified atom stereocenters. The van der Waals surface area contributed by atoms with Crippen LogP contribution in [0.25, 0.3) is 32.7 Å². The molecule has 6 aromatic heterocycles. The SMILES string of the molecule is CC(C)(C)Cn1c(=O)c([N+](=O)[O-])c(N2CCN(C(=O)c3ccco3)CC2)c2ccccc21.CC(C)(C)Cn1c(=O)c([N+](=O)[O-])c(N2CCN(C(=O)c3cccs3)CC2)c2ccccc21.O=C(c1ccco1)N1CCN(c2c([N+](=O)[O-])c(=O)n(CC(F)(F)F)c3ccccc23)CC1. The van der Waals surface area contributed by atoms with Crippen LogP contribution >= 0.6 is 11.3 Å². The molecule has 3 aromatic carbocycles. The van der Waals surface area contributed by atoms with Gasteiger partial charge >= 0.3 is 39.9 Å². The van der Waals surface area contributed by atoms with Crippen molar-refractivity contribution in [2.45, 2.75) is 67.4 Å². The van der Waals surface area contributed by atoms with Crippen molar-refractivity contribution in [2.24, 2.45) is 10.8 Å². The number of alkyl halides is 3. The number of rotatable bonds is 12. The van der Waals surface area contributed by atoms with Gasteiger partial charge in [-0.05, 0) is 64.7 Å². The molecule has 504 valence electrons. The number of para-hydroxylation sites is 3. The van der Waals surface area contributed by atoms with Gasteiger partial charge in [-0.25, -0.2) is 0 Å². The van der Waals surface area contributed by atoms with Crippen molar-refractivity contribution in [3.05, 3.63) is 205 Å². The lowest BCUT2D eigenvalue weighted by Crippen LogP contribution is -2.49. The molecular weight excluding hydrogens is 1270 g/mol. The van der Waals surface area contributed by atoms with Gasteiger partial charge in [-0.2, -0.15) is 13.2 Å². The molecule has 9 aromatic rings. The first-order chi connectivity index (χ1) is 45.5. The molecule has 3 saturated heterocycles. The first-order valence-electron chi connectivity index (χ1n) is 30.7. The van der Waals surface area contributed by atoms with E-state index in [1.54, 1.807) is 39.0 Å². The number of thiophene rings is 1. The second-order valence-electron chi connectivity index (χ2n) is 25.6. The Morgan fingerprint density at radius 2 is 0.750 bits per heavy atom. The van der Waals surface area contributed by atoms with Crippen LogP contribution in [0.5, 0.6) is 0 Å². The van der Waals surface area contributed by atoms with Crippen LogP contribution < -0.4 is 31.4 Å². The van der Waals surface area contributed by atoms with Crippen molar-refractivity contribution in [1.82, 2.24) is 28.4 Å². The highest BCUT2D eigenvalue weighted by Gasteiger charge is 2.39. The maximum Gasteiger partial charge on any atom is 0.406 e. The van der Waals surface area contributed by atoms with E-state index in [1.165, 1.54) is 68.2 Å².